The normalized spacial score (nSPS) is 15.3. The Morgan fingerprint density at radius 3 is 2.72 bits per heavy atom. The van der Waals surface area contributed by atoms with Crippen molar-refractivity contribution in [3.8, 4) is 5.75 Å². The molecule has 3 rings (SSSR count). The van der Waals surface area contributed by atoms with Crippen LogP contribution in [0.5, 0.6) is 5.75 Å². The van der Waals surface area contributed by atoms with Gasteiger partial charge in [-0.15, -0.1) is 0 Å². The summed E-state index contributed by atoms with van der Waals surface area (Å²) in [5.41, 5.74) is 2.43. The van der Waals surface area contributed by atoms with Gasteiger partial charge < -0.3 is 13.9 Å². The second-order valence-corrected chi connectivity index (χ2v) is 6.50. The van der Waals surface area contributed by atoms with Crippen molar-refractivity contribution in [2.75, 3.05) is 39.5 Å². The molecule has 134 valence electrons. The van der Waals surface area contributed by atoms with Gasteiger partial charge in [0.2, 0.25) is 0 Å². The molecule has 0 aliphatic carbocycles. The van der Waals surface area contributed by atoms with Crippen LogP contribution < -0.4 is 10.4 Å². The lowest BCUT2D eigenvalue weighted by atomic mass is 10.1. The van der Waals surface area contributed by atoms with Crippen molar-refractivity contribution in [2.24, 2.45) is 0 Å². The number of ether oxygens (including phenoxy) is 2. The second kappa shape index (κ2) is 8.32. The van der Waals surface area contributed by atoms with Gasteiger partial charge in [0.15, 0.2) is 0 Å². The van der Waals surface area contributed by atoms with Crippen molar-refractivity contribution in [2.45, 2.75) is 20.3 Å². The molecule has 2 heterocycles. The molecule has 0 unspecified atom stereocenters. The van der Waals surface area contributed by atoms with Crippen molar-refractivity contribution in [1.82, 2.24) is 4.90 Å². The molecule has 1 fully saturated rings. The monoisotopic (exact) mass is 343 g/mol. The van der Waals surface area contributed by atoms with E-state index in [0.717, 1.165) is 49.5 Å². The fourth-order valence-corrected chi connectivity index (χ4v) is 2.92. The first-order chi connectivity index (χ1) is 12.1. The number of fused-ring (bicyclic) bond motifs is 1. The summed E-state index contributed by atoms with van der Waals surface area (Å²) >= 11 is 0. The highest BCUT2D eigenvalue weighted by Crippen LogP contribution is 2.28. The van der Waals surface area contributed by atoms with Crippen LogP contribution in [0.1, 0.15) is 19.4 Å². The predicted octanol–water partition coefficient (Wildman–Crippen LogP) is 3.01. The minimum Gasteiger partial charge on any atom is -0.492 e. The lowest BCUT2D eigenvalue weighted by molar-refractivity contribution is 0.0322. The van der Waals surface area contributed by atoms with Gasteiger partial charge in [-0.25, -0.2) is 4.79 Å². The second-order valence-electron chi connectivity index (χ2n) is 6.50. The number of nitrogens with zero attached hydrogens (tertiary/aromatic N) is 1. The van der Waals surface area contributed by atoms with E-state index >= 15 is 0 Å². The SMILES string of the molecule is CC(C)=CCc1c(OCCN2CCOCC2)ccc2ccc(=O)oc12. The summed E-state index contributed by atoms with van der Waals surface area (Å²) < 4.78 is 16.9. The smallest absolute Gasteiger partial charge is 0.336 e. The molecule has 0 spiro atoms. The van der Waals surface area contributed by atoms with Gasteiger partial charge in [0.05, 0.1) is 13.2 Å². The Balaban J connectivity index is 1.81. The first-order valence-corrected chi connectivity index (χ1v) is 8.75. The van der Waals surface area contributed by atoms with E-state index in [-0.39, 0.29) is 5.63 Å². The van der Waals surface area contributed by atoms with Crippen molar-refractivity contribution in [3.05, 3.63) is 51.9 Å². The zero-order valence-corrected chi connectivity index (χ0v) is 14.9. The number of benzene rings is 1. The summed E-state index contributed by atoms with van der Waals surface area (Å²) in [6, 6.07) is 7.15. The lowest BCUT2D eigenvalue weighted by Crippen LogP contribution is -2.38. The standard InChI is InChI=1S/C20H25NO4/c1-15(2)3-6-17-18(24-14-11-21-9-12-23-13-10-21)7-4-16-5-8-19(22)25-20(16)17/h3-5,7-8H,6,9-14H2,1-2H3. The third kappa shape index (κ3) is 4.71. The highest BCUT2D eigenvalue weighted by Gasteiger charge is 2.13. The average molecular weight is 343 g/mol. The summed E-state index contributed by atoms with van der Waals surface area (Å²) in [5.74, 6) is 0.785. The highest BCUT2D eigenvalue weighted by atomic mass is 16.5. The Labute approximate surface area is 147 Å². The fraction of sp³-hybridized carbons (Fsp3) is 0.450. The van der Waals surface area contributed by atoms with Gasteiger partial charge in [-0.2, -0.15) is 0 Å². The van der Waals surface area contributed by atoms with Crippen LogP contribution in [0.15, 0.2) is 45.1 Å². The molecule has 0 N–H and O–H groups in total. The van der Waals surface area contributed by atoms with Gasteiger partial charge in [-0.1, -0.05) is 11.6 Å². The number of morpholine rings is 1. The van der Waals surface area contributed by atoms with Gasteiger partial charge in [0, 0.05) is 36.7 Å². The quantitative estimate of drug-likeness (QED) is 0.596. The van der Waals surface area contributed by atoms with Crippen molar-refractivity contribution in [3.63, 3.8) is 0 Å². The maximum atomic E-state index is 11.7. The van der Waals surface area contributed by atoms with Crippen molar-refractivity contribution in [1.29, 1.82) is 0 Å². The molecule has 1 aliphatic heterocycles. The molecule has 1 aliphatic rings. The summed E-state index contributed by atoms with van der Waals surface area (Å²) in [4.78, 5) is 14.0. The largest absolute Gasteiger partial charge is 0.492 e. The minimum absolute atomic E-state index is 0.337. The molecule has 5 nitrogen and oxygen atoms in total. The Morgan fingerprint density at radius 2 is 1.96 bits per heavy atom. The van der Waals surface area contributed by atoms with Crippen molar-refractivity contribution < 1.29 is 13.9 Å². The Hall–Kier alpha value is -2.11. The van der Waals surface area contributed by atoms with E-state index in [9.17, 15) is 4.79 Å². The van der Waals surface area contributed by atoms with E-state index in [1.54, 1.807) is 6.07 Å². The number of rotatable bonds is 6. The average Bonchev–Trinajstić information content (AvgIpc) is 2.61. The fourth-order valence-electron chi connectivity index (χ4n) is 2.92. The van der Waals surface area contributed by atoms with E-state index < -0.39 is 0 Å². The molecule has 1 aromatic carbocycles. The molecule has 1 aromatic heterocycles. The van der Waals surface area contributed by atoms with Crippen LogP contribution >= 0.6 is 0 Å². The summed E-state index contributed by atoms with van der Waals surface area (Å²) in [5, 5.41) is 0.914. The maximum absolute atomic E-state index is 11.7. The lowest BCUT2D eigenvalue weighted by Gasteiger charge is -2.26. The molecule has 0 radical (unpaired) electrons. The molecule has 1 saturated heterocycles. The van der Waals surface area contributed by atoms with E-state index in [2.05, 4.69) is 24.8 Å². The van der Waals surface area contributed by atoms with Crippen LogP contribution in [-0.2, 0) is 11.2 Å². The minimum atomic E-state index is -0.337. The summed E-state index contributed by atoms with van der Waals surface area (Å²) in [6.07, 6.45) is 2.80. The first kappa shape index (κ1) is 17.7. The van der Waals surface area contributed by atoms with Crippen LogP contribution in [0.3, 0.4) is 0 Å². The van der Waals surface area contributed by atoms with Crippen LogP contribution in [0.2, 0.25) is 0 Å². The number of hydrogen-bond donors (Lipinski definition) is 0. The molecule has 0 saturated carbocycles. The Kier molecular flexibility index (Phi) is 5.89. The van der Waals surface area contributed by atoms with Gasteiger partial charge in [-0.05, 0) is 38.5 Å². The first-order valence-electron chi connectivity index (χ1n) is 8.75. The number of allylic oxidation sites excluding steroid dienone is 2. The summed E-state index contributed by atoms with van der Waals surface area (Å²) in [7, 11) is 0. The topological polar surface area (TPSA) is 51.9 Å². The molecule has 2 aromatic rings. The van der Waals surface area contributed by atoms with Crippen LogP contribution in [-0.4, -0.2) is 44.4 Å². The van der Waals surface area contributed by atoms with Crippen LogP contribution in [0, 0.1) is 0 Å². The van der Waals surface area contributed by atoms with E-state index in [0.29, 0.717) is 18.6 Å². The van der Waals surface area contributed by atoms with E-state index in [4.69, 9.17) is 13.9 Å². The maximum Gasteiger partial charge on any atom is 0.336 e. The van der Waals surface area contributed by atoms with Crippen LogP contribution in [0.4, 0.5) is 0 Å². The number of hydrogen-bond acceptors (Lipinski definition) is 5. The van der Waals surface area contributed by atoms with E-state index in [1.807, 2.05) is 12.1 Å². The van der Waals surface area contributed by atoms with Gasteiger partial charge in [0.25, 0.3) is 0 Å². The molecular formula is C20H25NO4. The summed E-state index contributed by atoms with van der Waals surface area (Å²) in [6.45, 7) is 9.04. The van der Waals surface area contributed by atoms with Crippen molar-refractivity contribution >= 4 is 11.0 Å². The van der Waals surface area contributed by atoms with Gasteiger partial charge in [-0.3, -0.25) is 4.90 Å². The Bertz CT molecular complexity index is 799. The van der Waals surface area contributed by atoms with Gasteiger partial charge in [0.1, 0.15) is 17.9 Å². The van der Waals surface area contributed by atoms with Gasteiger partial charge >= 0.3 is 5.63 Å². The Morgan fingerprint density at radius 1 is 1.20 bits per heavy atom. The third-order valence-corrected chi connectivity index (χ3v) is 4.33. The predicted molar refractivity (Wildman–Crippen MR) is 98.4 cm³/mol. The van der Waals surface area contributed by atoms with E-state index in [1.165, 1.54) is 11.6 Å². The molecule has 0 amide bonds. The molecule has 0 atom stereocenters. The third-order valence-electron chi connectivity index (χ3n) is 4.33. The van der Waals surface area contributed by atoms with Crippen LogP contribution in [0.25, 0.3) is 11.0 Å². The molecule has 5 heteroatoms. The zero-order valence-electron chi connectivity index (χ0n) is 14.9. The molecule has 25 heavy (non-hydrogen) atoms. The molecule has 0 bridgehead atoms. The molecular weight excluding hydrogens is 318 g/mol. The highest BCUT2D eigenvalue weighted by molar-refractivity contribution is 5.82. The zero-order chi connectivity index (χ0) is 17.6.